The van der Waals surface area contributed by atoms with Gasteiger partial charge in [0.1, 0.15) is 6.33 Å². The maximum Gasteiger partial charge on any atom is 0.283 e. The van der Waals surface area contributed by atoms with Gasteiger partial charge < -0.3 is 0 Å². The molecule has 1 aromatic carbocycles. The average molecular weight is 267 g/mol. The second-order valence-electron chi connectivity index (χ2n) is 4.50. The van der Waals surface area contributed by atoms with Crippen LogP contribution in [0.5, 0.6) is 0 Å². The van der Waals surface area contributed by atoms with E-state index in [4.69, 9.17) is 0 Å². The topological polar surface area (TPSA) is 65.6 Å². The fourth-order valence-electron chi connectivity index (χ4n) is 2.05. The van der Waals surface area contributed by atoms with Crippen LogP contribution in [0, 0.1) is 6.92 Å². The number of hydrogen-bond acceptors (Lipinski definition) is 4. The summed E-state index contributed by atoms with van der Waals surface area (Å²) in [6.45, 7) is 6.01. The van der Waals surface area contributed by atoms with E-state index >= 15 is 0 Å². The van der Waals surface area contributed by atoms with Gasteiger partial charge in [0.25, 0.3) is 5.56 Å². The Kier molecular flexibility index (Phi) is 2.90. The van der Waals surface area contributed by atoms with Crippen molar-refractivity contribution in [1.82, 2.24) is 24.5 Å². The van der Waals surface area contributed by atoms with Gasteiger partial charge in [-0.2, -0.15) is 4.68 Å². The van der Waals surface area contributed by atoms with Crippen LogP contribution in [0.15, 0.2) is 48.0 Å². The van der Waals surface area contributed by atoms with E-state index in [-0.39, 0.29) is 11.1 Å². The molecule has 100 valence electrons. The van der Waals surface area contributed by atoms with Gasteiger partial charge in [-0.3, -0.25) is 9.36 Å². The van der Waals surface area contributed by atoms with Crippen LogP contribution >= 0.6 is 0 Å². The fraction of sp³-hybridized carbons (Fsp3) is 0.143. The van der Waals surface area contributed by atoms with Gasteiger partial charge in [-0.15, -0.1) is 11.7 Å². The zero-order chi connectivity index (χ0) is 14.1. The third-order valence-corrected chi connectivity index (χ3v) is 3.00. The lowest BCUT2D eigenvalue weighted by atomic mass is 10.2. The summed E-state index contributed by atoms with van der Waals surface area (Å²) in [5, 5.41) is 7.98. The molecule has 0 aliphatic rings. The van der Waals surface area contributed by atoms with E-state index in [2.05, 4.69) is 21.9 Å². The summed E-state index contributed by atoms with van der Waals surface area (Å²) in [5.41, 5.74) is 2.44. The molecule has 3 rings (SSSR count). The highest BCUT2D eigenvalue weighted by molar-refractivity contribution is 5.70. The van der Waals surface area contributed by atoms with E-state index in [1.807, 2.05) is 31.2 Å². The van der Waals surface area contributed by atoms with E-state index < -0.39 is 0 Å². The lowest BCUT2D eigenvalue weighted by Crippen LogP contribution is -2.20. The molecule has 0 aliphatic carbocycles. The van der Waals surface area contributed by atoms with Crippen molar-refractivity contribution >= 4 is 11.2 Å². The molecular weight excluding hydrogens is 254 g/mol. The van der Waals surface area contributed by atoms with Crippen LogP contribution in [0.25, 0.3) is 16.9 Å². The fourth-order valence-corrected chi connectivity index (χ4v) is 2.05. The van der Waals surface area contributed by atoms with Gasteiger partial charge in [-0.1, -0.05) is 23.4 Å². The van der Waals surface area contributed by atoms with Gasteiger partial charge in [0.05, 0.1) is 5.69 Å². The minimum Gasteiger partial charge on any atom is -0.293 e. The number of fused-ring (bicyclic) bond motifs is 1. The number of benzene rings is 1. The lowest BCUT2D eigenvalue weighted by Gasteiger charge is -2.03. The summed E-state index contributed by atoms with van der Waals surface area (Å²) in [6, 6.07) is 7.79. The molecule has 0 bridgehead atoms. The first-order valence-electron chi connectivity index (χ1n) is 6.19. The predicted octanol–water partition coefficient (Wildman–Crippen LogP) is 1.47. The molecule has 0 fully saturated rings. The maximum atomic E-state index is 12.2. The number of aryl methyl sites for hydroxylation is 1. The van der Waals surface area contributed by atoms with E-state index in [1.165, 1.54) is 10.9 Å². The molecule has 0 amide bonds. The standard InChI is InChI=1S/C14H13N5O/c1-3-7-18-9-15-13-12(14(18)20)16-17-19(13)11-6-4-5-10(2)8-11/h3-6,8-9H,1,7H2,2H3. The predicted molar refractivity (Wildman–Crippen MR) is 75.9 cm³/mol. The molecule has 2 heterocycles. The number of aromatic nitrogens is 5. The number of nitrogens with zero attached hydrogens (tertiary/aromatic N) is 5. The maximum absolute atomic E-state index is 12.2. The van der Waals surface area contributed by atoms with Crippen molar-refractivity contribution in [3.8, 4) is 5.69 Å². The van der Waals surface area contributed by atoms with Gasteiger partial charge in [-0.25, -0.2) is 4.98 Å². The van der Waals surface area contributed by atoms with Crippen LogP contribution in [0.1, 0.15) is 5.56 Å². The number of allylic oxidation sites excluding steroid dienone is 1. The first-order chi connectivity index (χ1) is 9.70. The molecule has 0 unspecified atom stereocenters. The summed E-state index contributed by atoms with van der Waals surface area (Å²) < 4.78 is 3.02. The monoisotopic (exact) mass is 267 g/mol. The third-order valence-electron chi connectivity index (χ3n) is 3.00. The molecule has 0 atom stereocenters. The van der Waals surface area contributed by atoms with Gasteiger partial charge in [0, 0.05) is 6.54 Å². The van der Waals surface area contributed by atoms with Crippen LogP contribution in [-0.4, -0.2) is 24.5 Å². The van der Waals surface area contributed by atoms with E-state index in [1.54, 1.807) is 10.8 Å². The quantitative estimate of drug-likeness (QED) is 0.674. The summed E-state index contributed by atoms with van der Waals surface area (Å²) in [7, 11) is 0. The Morgan fingerprint density at radius 1 is 1.40 bits per heavy atom. The van der Waals surface area contributed by atoms with Gasteiger partial charge in [0.2, 0.25) is 0 Å². The highest BCUT2D eigenvalue weighted by Gasteiger charge is 2.12. The van der Waals surface area contributed by atoms with E-state index in [0.29, 0.717) is 12.2 Å². The van der Waals surface area contributed by atoms with E-state index in [9.17, 15) is 4.79 Å². The van der Waals surface area contributed by atoms with Crippen molar-refractivity contribution in [2.75, 3.05) is 0 Å². The third kappa shape index (κ3) is 1.91. The molecule has 2 aromatic heterocycles. The van der Waals surface area contributed by atoms with Crippen LogP contribution in [0.4, 0.5) is 0 Å². The first kappa shape index (κ1) is 12.3. The van der Waals surface area contributed by atoms with Crippen molar-refractivity contribution < 1.29 is 0 Å². The minimum absolute atomic E-state index is 0.214. The number of rotatable bonds is 3. The Hall–Kier alpha value is -2.76. The molecule has 3 aromatic rings. The van der Waals surface area contributed by atoms with Crippen molar-refractivity contribution in [2.45, 2.75) is 13.5 Å². The van der Waals surface area contributed by atoms with Crippen molar-refractivity contribution in [3.05, 3.63) is 59.2 Å². The van der Waals surface area contributed by atoms with Crippen LogP contribution < -0.4 is 5.56 Å². The van der Waals surface area contributed by atoms with Crippen LogP contribution in [0.2, 0.25) is 0 Å². The molecular formula is C14H13N5O. The Balaban J connectivity index is 2.22. The second kappa shape index (κ2) is 4.73. The van der Waals surface area contributed by atoms with Crippen molar-refractivity contribution in [2.24, 2.45) is 0 Å². The van der Waals surface area contributed by atoms with Gasteiger partial charge >= 0.3 is 0 Å². The molecule has 0 spiro atoms. The molecule has 0 saturated carbocycles. The summed E-state index contributed by atoms with van der Waals surface area (Å²) in [5.74, 6) is 0. The van der Waals surface area contributed by atoms with Crippen molar-refractivity contribution in [1.29, 1.82) is 0 Å². The second-order valence-corrected chi connectivity index (χ2v) is 4.50. The molecule has 0 radical (unpaired) electrons. The van der Waals surface area contributed by atoms with Gasteiger partial charge in [-0.05, 0) is 24.6 Å². The van der Waals surface area contributed by atoms with Gasteiger partial charge in [0.15, 0.2) is 11.2 Å². The lowest BCUT2D eigenvalue weighted by molar-refractivity contribution is 0.764. The first-order valence-corrected chi connectivity index (χ1v) is 6.19. The molecule has 0 N–H and O–H groups in total. The minimum atomic E-state index is -0.214. The Labute approximate surface area is 115 Å². The Bertz CT molecular complexity index is 846. The van der Waals surface area contributed by atoms with E-state index in [0.717, 1.165) is 11.3 Å². The number of hydrogen-bond donors (Lipinski definition) is 0. The Morgan fingerprint density at radius 2 is 2.25 bits per heavy atom. The molecule has 0 aliphatic heterocycles. The molecule has 20 heavy (non-hydrogen) atoms. The van der Waals surface area contributed by atoms with Crippen molar-refractivity contribution in [3.63, 3.8) is 0 Å². The normalized spacial score (nSPS) is 10.8. The highest BCUT2D eigenvalue weighted by atomic mass is 16.1. The van der Waals surface area contributed by atoms with Crippen LogP contribution in [-0.2, 0) is 6.54 Å². The molecule has 6 heteroatoms. The SMILES string of the molecule is C=CCn1cnc2c(nnn2-c2cccc(C)c2)c1=O. The highest BCUT2D eigenvalue weighted by Crippen LogP contribution is 2.13. The zero-order valence-electron chi connectivity index (χ0n) is 11.0. The average Bonchev–Trinajstić information content (AvgIpc) is 2.87. The smallest absolute Gasteiger partial charge is 0.283 e. The summed E-state index contributed by atoms with van der Waals surface area (Å²) in [4.78, 5) is 16.5. The Morgan fingerprint density at radius 3 is 3.00 bits per heavy atom. The summed E-state index contributed by atoms with van der Waals surface area (Å²) >= 11 is 0. The van der Waals surface area contributed by atoms with Crippen LogP contribution in [0.3, 0.4) is 0 Å². The largest absolute Gasteiger partial charge is 0.293 e. The molecule has 0 saturated heterocycles. The molecule has 6 nitrogen and oxygen atoms in total. The zero-order valence-corrected chi connectivity index (χ0v) is 11.0. The summed E-state index contributed by atoms with van der Waals surface area (Å²) in [6.07, 6.45) is 3.13.